The minimum absolute atomic E-state index is 0.167. The van der Waals surface area contributed by atoms with Crippen LogP contribution in [-0.2, 0) is 6.54 Å². The quantitative estimate of drug-likeness (QED) is 0.900. The molecule has 1 aromatic carbocycles. The second-order valence-electron chi connectivity index (χ2n) is 7.38. The van der Waals surface area contributed by atoms with Crippen molar-refractivity contribution in [1.29, 1.82) is 0 Å². The van der Waals surface area contributed by atoms with Crippen molar-refractivity contribution in [2.45, 2.75) is 64.1 Å². The molecule has 2 unspecified atom stereocenters. The molecule has 1 heterocycles. The van der Waals surface area contributed by atoms with E-state index in [1.165, 1.54) is 16.8 Å². The van der Waals surface area contributed by atoms with E-state index in [1.807, 2.05) is 0 Å². The molecule has 0 radical (unpaired) electrons. The molecule has 1 N–H and O–H groups in total. The number of hydrogen-bond acceptors (Lipinski definition) is 3. The molecule has 0 aromatic heterocycles. The van der Waals surface area contributed by atoms with Crippen molar-refractivity contribution in [2.75, 3.05) is 18.0 Å². The highest BCUT2D eigenvalue weighted by molar-refractivity contribution is 8.00. The molecule has 118 valence electrons. The van der Waals surface area contributed by atoms with Crippen LogP contribution in [0, 0.1) is 6.92 Å². The molecule has 2 atom stereocenters. The Kier molecular flexibility index (Phi) is 5.26. The third-order valence-corrected chi connectivity index (χ3v) is 5.15. The van der Waals surface area contributed by atoms with Crippen molar-refractivity contribution in [1.82, 2.24) is 5.32 Å². The number of benzene rings is 1. The molecular formula is C18H30N2S. The van der Waals surface area contributed by atoms with E-state index < -0.39 is 0 Å². The molecule has 1 saturated heterocycles. The van der Waals surface area contributed by atoms with Crippen LogP contribution in [-0.4, -0.2) is 29.1 Å². The molecule has 0 aliphatic carbocycles. The zero-order valence-electron chi connectivity index (χ0n) is 14.4. The monoisotopic (exact) mass is 306 g/mol. The van der Waals surface area contributed by atoms with E-state index in [-0.39, 0.29) is 5.54 Å². The zero-order chi connectivity index (χ0) is 15.6. The van der Waals surface area contributed by atoms with Crippen molar-refractivity contribution in [3.8, 4) is 0 Å². The van der Waals surface area contributed by atoms with Crippen LogP contribution in [0.2, 0.25) is 0 Å². The van der Waals surface area contributed by atoms with Gasteiger partial charge < -0.3 is 10.2 Å². The maximum atomic E-state index is 3.58. The summed E-state index contributed by atoms with van der Waals surface area (Å²) in [6.07, 6.45) is 0. The Hall–Kier alpha value is -0.670. The van der Waals surface area contributed by atoms with Gasteiger partial charge in [-0.15, -0.1) is 0 Å². The average Bonchev–Trinajstić information content (AvgIpc) is 2.35. The summed E-state index contributed by atoms with van der Waals surface area (Å²) in [4.78, 5) is 2.54. The lowest BCUT2D eigenvalue weighted by Crippen LogP contribution is -2.40. The van der Waals surface area contributed by atoms with Gasteiger partial charge in [-0.2, -0.15) is 11.8 Å². The lowest BCUT2D eigenvalue weighted by atomic mass is 10.0. The van der Waals surface area contributed by atoms with E-state index in [0.29, 0.717) is 0 Å². The normalized spacial score (nSPS) is 23.4. The fourth-order valence-electron chi connectivity index (χ4n) is 2.82. The van der Waals surface area contributed by atoms with Crippen LogP contribution >= 0.6 is 11.8 Å². The van der Waals surface area contributed by atoms with Gasteiger partial charge in [-0.05, 0) is 51.0 Å². The molecule has 3 heteroatoms. The van der Waals surface area contributed by atoms with Crippen molar-refractivity contribution in [3.05, 3.63) is 29.3 Å². The fourth-order valence-corrected chi connectivity index (χ4v) is 4.15. The molecule has 2 nitrogen and oxygen atoms in total. The number of hydrogen-bond donors (Lipinski definition) is 1. The van der Waals surface area contributed by atoms with Crippen molar-refractivity contribution >= 4 is 17.4 Å². The summed E-state index contributed by atoms with van der Waals surface area (Å²) in [7, 11) is 0. The summed E-state index contributed by atoms with van der Waals surface area (Å²) in [5, 5.41) is 5.01. The van der Waals surface area contributed by atoms with Crippen molar-refractivity contribution < 1.29 is 0 Å². The number of aryl methyl sites for hydroxylation is 1. The highest BCUT2D eigenvalue weighted by Crippen LogP contribution is 2.29. The molecule has 0 bridgehead atoms. The number of rotatable bonds is 3. The third-order valence-electron chi connectivity index (χ3n) is 3.92. The van der Waals surface area contributed by atoms with Crippen LogP contribution in [0.3, 0.4) is 0 Å². The summed E-state index contributed by atoms with van der Waals surface area (Å²) in [6, 6.07) is 6.94. The smallest absolute Gasteiger partial charge is 0.0369 e. The summed E-state index contributed by atoms with van der Waals surface area (Å²) >= 11 is 2.11. The number of nitrogens with zero attached hydrogens (tertiary/aromatic N) is 1. The molecule has 2 rings (SSSR count). The SMILES string of the molecule is Cc1cc(N2CC(C)SC(C)C2)ccc1CNC(C)(C)C. The first-order valence-corrected chi connectivity index (χ1v) is 8.94. The van der Waals surface area contributed by atoms with Gasteiger partial charge in [-0.25, -0.2) is 0 Å². The Labute approximate surface area is 134 Å². The first-order valence-electron chi connectivity index (χ1n) is 7.99. The Balaban J connectivity index is 2.08. The Morgan fingerprint density at radius 2 is 1.81 bits per heavy atom. The molecule has 1 aliphatic rings. The Morgan fingerprint density at radius 1 is 1.19 bits per heavy atom. The first-order chi connectivity index (χ1) is 9.74. The largest absolute Gasteiger partial charge is 0.369 e. The van der Waals surface area contributed by atoms with Gasteiger partial charge in [0.1, 0.15) is 0 Å². The maximum Gasteiger partial charge on any atom is 0.0369 e. The summed E-state index contributed by atoms with van der Waals surface area (Å²) in [5.41, 5.74) is 4.34. The Morgan fingerprint density at radius 3 is 2.33 bits per heavy atom. The number of nitrogens with one attached hydrogen (secondary N) is 1. The standard InChI is InChI=1S/C18H30N2S/c1-13-9-17(20-11-14(2)21-15(3)12-20)8-7-16(13)10-19-18(4,5)6/h7-9,14-15,19H,10-12H2,1-6H3. The lowest BCUT2D eigenvalue weighted by molar-refractivity contribution is 0.424. The van der Waals surface area contributed by atoms with E-state index in [0.717, 1.165) is 30.1 Å². The summed E-state index contributed by atoms with van der Waals surface area (Å²) < 4.78 is 0. The molecule has 1 aromatic rings. The third kappa shape index (κ3) is 4.93. The Bertz CT molecular complexity index is 469. The molecule has 0 amide bonds. The van der Waals surface area contributed by atoms with E-state index in [2.05, 4.69) is 81.7 Å². The zero-order valence-corrected chi connectivity index (χ0v) is 15.2. The van der Waals surface area contributed by atoms with Gasteiger partial charge in [0, 0.05) is 41.4 Å². The topological polar surface area (TPSA) is 15.3 Å². The van der Waals surface area contributed by atoms with Gasteiger partial charge in [0.2, 0.25) is 0 Å². The van der Waals surface area contributed by atoms with Gasteiger partial charge in [0.25, 0.3) is 0 Å². The molecular weight excluding hydrogens is 276 g/mol. The minimum Gasteiger partial charge on any atom is -0.369 e. The minimum atomic E-state index is 0.167. The second-order valence-corrected chi connectivity index (χ2v) is 9.26. The van der Waals surface area contributed by atoms with Crippen molar-refractivity contribution in [3.63, 3.8) is 0 Å². The highest BCUT2D eigenvalue weighted by atomic mass is 32.2. The summed E-state index contributed by atoms with van der Waals surface area (Å²) in [6.45, 7) is 16.8. The first kappa shape index (κ1) is 16.7. The average molecular weight is 307 g/mol. The van der Waals surface area contributed by atoms with Crippen LogP contribution in [0.15, 0.2) is 18.2 Å². The number of thioether (sulfide) groups is 1. The molecule has 1 fully saturated rings. The second kappa shape index (κ2) is 6.62. The fraction of sp³-hybridized carbons (Fsp3) is 0.667. The molecule has 1 aliphatic heterocycles. The summed E-state index contributed by atoms with van der Waals surface area (Å²) in [5.74, 6) is 0. The predicted molar refractivity (Wildman–Crippen MR) is 96.5 cm³/mol. The van der Waals surface area contributed by atoms with Gasteiger partial charge in [0.15, 0.2) is 0 Å². The van der Waals surface area contributed by atoms with Gasteiger partial charge in [0.05, 0.1) is 0 Å². The van der Waals surface area contributed by atoms with Gasteiger partial charge in [-0.1, -0.05) is 19.9 Å². The van der Waals surface area contributed by atoms with Crippen LogP contribution in [0.5, 0.6) is 0 Å². The molecule has 0 saturated carbocycles. The van der Waals surface area contributed by atoms with E-state index >= 15 is 0 Å². The van der Waals surface area contributed by atoms with E-state index in [9.17, 15) is 0 Å². The maximum absolute atomic E-state index is 3.58. The van der Waals surface area contributed by atoms with Crippen molar-refractivity contribution in [2.24, 2.45) is 0 Å². The van der Waals surface area contributed by atoms with E-state index in [1.54, 1.807) is 0 Å². The molecule has 21 heavy (non-hydrogen) atoms. The lowest BCUT2D eigenvalue weighted by Gasteiger charge is -2.36. The van der Waals surface area contributed by atoms with Gasteiger partial charge in [-0.3, -0.25) is 0 Å². The van der Waals surface area contributed by atoms with Crippen LogP contribution in [0.1, 0.15) is 45.7 Å². The van der Waals surface area contributed by atoms with Crippen LogP contribution < -0.4 is 10.2 Å². The predicted octanol–water partition coefficient (Wildman–Crippen LogP) is 4.21. The highest BCUT2D eigenvalue weighted by Gasteiger charge is 2.22. The number of anilines is 1. The van der Waals surface area contributed by atoms with Crippen LogP contribution in [0.25, 0.3) is 0 Å². The molecule has 0 spiro atoms. The van der Waals surface area contributed by atoms with Gasteiger partial charge >= 0.3 is 0 Å². The van der Waals surface area contributed by atoms with E-state index in [4.69, 9.17) is 0 Å². The van der Waals surface area contributed by atoms with Crippen LogP contribution in [0.4, 0.5) is 5.69 Å².